The normalized spacial score (nSPS) is 11.4. The molecule has 0 aliphatic rings. The fraction of sp³-hybridized carbons (Fsp3) is 0.200. The number of hydrogen-bond acceptors (Lipinski definition) is 7. The van der Waals surface area contributed by atoms with Crippen molar-refractivity contribution in [2.75, 3.05) is 22.3 Å². The number of nitrogens with one attached hydrogen (secondary N) is 2. The van der Waals surface area contributed by atoms with Gasteiger partial charge in [0.15, 0.2) is 0 Å². The molecular weight excluding hydrogens is 405 g/mol. The predicted octanol–water partition coefficient (Wildman–Crippen LogP) is 3.31. The van der Waals surface area contributed by atoms with E-state index in [1.807, 2.05) is 32.0 Å². The second-order valence-electron chi connectivity index (χ2n) is 6.65. The second-order valence-corrected chi connectivity index (χ2v) is 7.59. The van der Waals surface area contributed by atoms with Gasteiger partial charge in [-0.05, 0) is 50.1 Å². The molecule has 2 aromatic carbocycles. The maximum absolute atomic E-state index is 13.0. The first-order valence-electron chi connectivity index (χ1n) is 9.10. The SMILES string of the molecule is C/C(=N\Nc1nnc(SCC(=O)Nc2ccc(C)cc2C)n1N)c1ccc(F)cc1. The Hall–Kier alpha value is -3.40. The number of aromatic nitrogens is 3. The minimum atomic E-state index is -0.315. The number of nitrogens with zero attached hydrogens (tertiary/aromatic N) is 4. The van der Waals surface area contributed by atoms with Gasteiger partial charge >= 0.3 is 0 Å². The van der Waals surface area contributed by atoms with Crippen LogP contribution in [0.3, 0.4) is 0 Å². The maximum Gasteiger partial charge on any atom is 0.264 e. The van der Waals surface area contributed by atoms with Crippen molar-refractivity contribution < 1.29 is 9.18 Å². The molecule has 1 heterocycles. The molecule has 0 fully saturated rings. The van der Waals surface area contributed by atoms with Crippen molar-refractivity contribution in [3.63, 3.8) is 0 Å². The van der Waals surface area contributed by atoms with Crippen molar-refractivity contribution in [2.45, 2.75) is 25.9 Å². The van der Waals surface area contributed by atoms with Gasteiger partial charge in [-0.3, -0.25) is 4.79 Å². The first-order chi connectivity index (χ1) is 14.3. The summed E-state index contributed by atoms with van der Waals surface area (Å²) in [5.41, 5.74) is 7.01. The number of hydrazone groups is 1. The van der Waals surface area contributed by atoms with E-state index in [9.17, 15) is 9.18 Å². The quantitative estimate of drug-likeness (QED) is 0.231. The molecule has 0 radical (unpaired) electrons. The van der Waals surface area contributed by atoms with E-state index in [1.54, 1.807) is 19.1 Å². The number of nitrogens with two attached hydrogens (primary N) is 1. The Morgan fingerprint density at radius 3 is 2.63 bits per heavy atom. The molecule has 0 bridgehead atoms. The number of nitrogen functional groups attached to an aromatic ring is 1. The van der Waals surface area contributed by atoms with Crippen LogP contribution in [-0.4, -0.2) is 32.2 Å². The molecule has 156 valence electrons. The number of thioether (sulfide) groups is 1. The van der Waals surface area contributed by atoms with E-state index in [-0.39, 0.29) is 23.4 Å². The maximum atomic E-state index is 13.0. The van der Waals surface area contributed by atoms with Crippen LogP contribution < -0.4 is 16.6 Å². The van der Waals surface area contributed by atoms with Crippen molar-refractivity contribution in [3.05, 3.63) is 65.0 Å². The van der Waals surface area contributed by atoms with Crippen LogP contribution in [-0.2, 0) is 4.79 Å². The highest BCUT2D eigenvalue weighted by Gasteiger charge is 2.13. The third-order valence-electron chi connectivity index (χ3n) is 4.24. The minimum Gasteiger partial charge on any atom is -0.334 e. The summed E-state index contributed by atoms with van der Waals surface area (Å²) in [6.07, 6.45) is 0. The van der Waals surface area contributed by atoms with Gasteiger partial charge in [-0.2, -0.15) is 5.10 Å². The highest BCUT2D eigenvalue weighted by Crippen LogP contribution is 2.19. The largest absolute Gasteiger partial charge is 0.334 e. The summed E-state index contributed by atoms with van der Waals surface area (Å²) in [6.45, 7) is 5.71. The molecule has 0 spiro atoms. The number of hydrogen-bond donors (Lipinski definition) is 3. The number of amides is 1. The summed E-state index contributed by atoms with van der Waals surface area (Å²) in [4.78, 5) is 12.2. The average Bonchev–Trinajstić information content (AvgIpc) is 3.07. The summed E-state index contributed by atoms with van der Waals surface area (Å²) in [5, 5.41) is 15.3. The summed E-state index contributed by atoms with van der Waals surface area (Å²) < 4.78 is 14.2. The molecule has 1 aromatic heterocycles. The van der Waals surface area contributed by atoms with Gasteiger partial charge in [-0.15, -0.1) is 10.2 Å². The molecule has 10 heteroatoms. The summed E-state index contributed by atoms with van der Waals surface area (Å²) in [5.74, 6) is 5.84. The Morgan fingerprint density at radius 2 is 1.93 bits per heavy atom. The summed E-state index contributed by atoms with van der Waals surface area (Å²) in [6, 6.07) is 11.8. The number of halogens is 1. The Balaban J connectivity index is 1.57. The average molecular weight is 428 g/mol. The van der Waals surface area contributed by atoms with E-state index in [0.29, 0.717) is 10.9 Å². The molecule has 1 amide bonds. The van der Waals surface area contributed by atoms with Crippen LogP contribution in [0.25, 0.3) is 0 Å². The lowest BCUT2D eigenvalue weighted by molar-refractivity contribution is -0.113. The van der Waals surface area contributed by atoms with Gasteiger partial charge < -0.3 is 11.2 Å². The number of carbonyl (C=O) groups excluding carboxylic acids is 1. The minimum absolute atomic E-state index is 0.126. The number of anilines is 2. The second kappa shape index (κ2) is 9.40. The molecule has 0 aliphatic carbocycles. The Labute approximate surface area is 177 Å². The van der Waals surface area contributed by atoms with E-state index >= 15 is 0 Å². The first-order valence-corrected chi connectivity index (χ1v) is 10.1. The molecule has 8 nitrogen and oxygen atoms in total. The Kier molecular flexibility index (Phi) is 6.68. The van der Waals surface area contributed by atoms with Crippen LogP contribution in [0.4, 0.5) is 16.0 Å². The van der Waals surface area contributed by atoms with Gasteiger partial charge in [-0.1, -0.05) is 41.6 Å². The van der Waals surface area contributed by atoms with Crippen LogP contribution in [0, 0.1) is 19.7 Å². The van der Waals surface area contributed by atoms with Crippen LogP contribution in [0.2, 0.25) is 0 Å². The van der Waals surface area contributed by atoms with E-state index in [0.717, 1.165) is 34.1 Å². The molecular formula is C20H22FN7OS. The van der Waals surface area contributed by atoms with Crippen LogP contribution in [0.1, 0.15) is 23.6 Å². The summed E-state index contributed by atoms with van der Waals surface area (Å²) in [7, 11) is 0. The van der Waals surface area contributed by atoms with Gasteiger partial charge in [-0.25, -0.2) is 14.5 Å². The predicted molar refractivity (Wildman–Crippen MR) is 118 cm³/mol. The van der Waals surface area contributed by atoms with Crippen molar-refractivity contribution in [1.29, 1.82) is 0 Å². The molecule has 3 rings (SSSR count). The third-order valence-corrected chi connectivity index (χ3v) is 5.18. The molecule has 3 aromatic rings. The van der Waals surface area contributed by atoms with Gasteiger partial charge in [0.2, 0.25) is 11.1 Å². The van der Waals surface area contributed by atoms with Crippen LogP contribution >= 0.6 is 11.8 Å². The number of rotatable bonds is 7. The van der Waals surface area contributed by atoms with Gasteiger partial charge in [0, 0.05) is 5.69 Å². The number of aryl methyl sites for hydroxylation is 2. The lowest BCUT2D eigenvalue weighted by Gasteiger charge is -2.09. The monoisotopic (exact) mass is 427 g/mol. The first kappa shape index (κ1) is 21.3. The standard InChI is InChI=1S/C20H22FN7OS/c1-12-4-9-17(13(2)10-12)23-18(29)11-30-20-27-26-19(28(20)22)25-24-14(3)15-5-7-16(21)8-6-15/h4-10H,11,22H2,1-3H3,(H,23,29)(H,25,26)/b24-14+. The Bertz CT molecular complexity index is 1080. The molecule has 0 saturated heterocycles. The van der Waals surface area contributed by atoms with Crippen molar-refractivity contribution in [1.82, 2.24) is 14.9 Å². The van der Waals surface area contributed by atoms with Crippen molar-refractivity contribution in [2.24, 2.45) is 5.10 Å². The number of benzene rings is 2. The van der Waals surface area contributed by atoms with Crippen molar-refractivity contribution in [3.8, 4) is 0 Å². The topological polar surface area (TPSA) is 110 Å². The van der Waals surface area contributed by atoms with Crippen LogP contribution in [0.5, 0.6) is 0 Å². The molecule has 0 aliphatic heterocycles. The van der Waals surface area contributed by atoms with Crippen LogP contribution in [0.15, 0.2) is 52.7 Å². The van der Waals surface area contributed by atoms with Gasteiger partial charge in [0.1, 0.15) is 5.82 Å². The van der Waals surface area contributed by atoms with Gasteiger partial charge in [0.05, 0.1) is 11.5 Å². The van der Waals surface area contributed by atoms with E-state index in [2.05, 4.69) is 26.0 Å². The lowest BCUT2D eigenvalue weighted by atomic mass is 10.1. The summed E-state index contributed by atoms with van der Waals surface area (Å²) >= 11 is 1.16. The van der Waals surface area contributed by atoms with Crippen molar-refractivity contribution >= 4 is 35.0 Å². The highest BCUT2D eigenvalue weighted by molar-refractivity contribution is 7.99. The zero-order valence-electron chi connectivity index (χ0n) is 16.8. The Morgan fingerprint density at radius 1 is 1.20 bits per heavy atom. The fourth-order valence-electron chi connectivity index (χ4n) is 2.61. The smallest absolute Gasteiger partial charge is 0.264 e. The highest BCUT2D eigenvalue weighted by atomic mass is 32.2. The molecule has 0 unspecified atom stereocenters. The zero-order chi connectivity index (χ0) is 21.7. The molecule has 0 saturated carbocycles. The fourth-order valence-corrected chi connectivity index (χ4v) is 3.27. The number of carbonyl (C=O) groups is 1. The van der Waals surface area contributed by atoms with E-state index in [4.69, 9.17) is 5.84 Å². The van der Waals surface area contributed by atoms with Gasteiger partial charge in [0.25, 0.3) is 5.95 Å². The van der Waals surface area contributed by atoms with E-state index in [1.165, 1.54) is 16.8 Å². The lowest BCUT2D eigenvalue weighted by Crippen LogP contribution is -2.17. The molecule has 30 heavy (non-hydrogen) atoms. The van der Waals surface area contributed by atoms with E-state index < -0.39 is 0 Å². The molecule has 4 N–H and O–H groups in total. The third kappa shape index (κ3) is 5.35. The zero-order valence-corrected chi connectivity index (χ0v) is 17.6. The molecule has 0 atom stereocenters.